The van der Waals surface area contributed by atoms with Gasteiger partial charge in [-0.25, -0.2) is 0 Å². The summed E-state index contributed by atoms with van der Waals surface area (Å²) in [5, 5.41) is 3.97. The maximum absolute atomic E-state index is 6.20. The van der Waals surface area contributed by atoms with Gasteiger partial charge in [0, 0.05) is 11.9 Å². The summed E-state index contributed by atoms with van der Waals surface area (Å²) >= 11 is 6.20. The molecule has 2 unspecified atom stereocenters. The molecule has 0 spiro atoms. The molecule has 1 fully saturated rings. The molecular formula is C15H22ClN. The van der Waals surface area contributed by atoms with E-state index in [1.54, 1.807) is 0 Å². The quantitative estimate of drug-likeness (QED) is 0.801. The van der Waals surface area contributed by atoms with Gasteiger partial charge < -0.3 is 5.32 Å². The maximum Gasteiger partial charge on any atom is 0.0339 e. The Bertz CT molecular complexity index is 351. The normalized spacial score (nSPS) is 24.8. The highest BCUT2D eigenvalue weighted by molar-refractivity contribution is 6.20. The van der Waals surface area contributed by atoms with Crippen LogP contribution >= 0.6 is 11.6 Å². The van der Waals surface area contributed by atoms with Gasteiger partial charge in [0.05, 0.1) is 0 Å². The lowest BCUT2D eigenvalue weighted by atomic mass is 9.89. The standard InChI is InChI=1S/C15H22ClN/c1-12-4-2-5-13(8-12)10-17-11-14-6-3-7-15(16)9-14/h2,4-5,8,14-15,17H,3,6-7,9-11H2,1H3. The first-order valence-electron chi connectivity index (χ1n) is 6.64. The van der Waals surface area contributed by atoms with Gasteiger partial charge in [-0.1, -0.05) is 36.2 Å². The Morgan fingerprint density at radius 2 is 2.24 bits per heavy atom. The van der Waals surface area contributed by atoms with Gasteiger partial charge in [0.15, 0.2) is 0 Å². The first kappa shape index (κ1) is 12.9. The average molecular weight is 252 g/mol. The lowest BCUT2D eigenvalue weighted by Gasteiger charge is -2.25. The van der Waals surface area contributed by atoms with E-state index in [9.17, 15) is 0 Å². The fourth-order valence-electron chi connectivity index (χ4n) is 2.65. The van der Waals surface area contributed by atoms with Crippen molar-refractivity contribution < 1.29 is 0 Å². The number of hydrogen-bond acceptors (Lipinski definition) is 1. The Balaban J connectivity index is 1.72. The molecule has 0 heterocycles. The molecule has 94 valence electrons. The Labute approximate surface area is 110 Å². The van der Waals surface area contributed by atoms with Gasteiger partial charge in [0.25, 0.3) is 0 Å². The highest BCUT2D eigenvalue weighted by atomic mass is 35.5. The molecule has 0 saturated heterocycles. The third-order valence-corrected chi connectivity index (χ3v) is 3.96. The molecule has 17 heavy (non-hydrogen) atoms. The van der Waals surface area contributed by atoms with Crippen LogP contribution in [0.25, 0.3) is 0 Å². The predicted molar refractivity (Wildman–Crippen MR) is 74.5 cm³/mol. The van der Waals surface area contributed by atoms with E-state index in [1.165, 1.54) is 36.8 Å². The van der Waals surface area contributed by atoms with E-state index in [-0.39, 0.29) is 0 Å². The molecule has 2 rings (SSSR count). The number of rotatable bonds is 4. The second-order valence-corrected chi connectivity index (χ2v) is 5.87. The number of halogens is 1. The predicted octanol–water partition coefficient (Wildman–Crippen LogP) is 3.88. The van der Waals surface area contributed by atoms with E-state index in [4.69, 9.17) is 11.6 Å². The van der Waals surface area contributed by atoms with Gasteiger partial charge in [0.1, 0.15) is 0 Å². The largest absolute Gasteiger partial charge is 0.312 e. The van der Waals surface area contributed by atoms with Crippen molar-refractivity contribution in [2.75, 3.05) is 6.54 Å². The van der Waals surface area contributed by atoms with Crippen LogP contribution in [0.15, 0.2) is 24.3 Å². The molecule has 1 aliphatic carbocycles. The van der Waals surface area contributed by atoms with Gasteiger partial charge in [-0.05, 0) is 44.2 Å². The summed E-state index contributed by atoms with van der Waals surface area (Å²) in [5.41, 5.74) is 2.71. The molecule has 1 aromatic rings. The first-order valence-corrected chi connectivity index (χ1v) is 7.08. The zero-order chi connectivity index (χ0) is 12.1. The fraction of sp³-hybridized carbons (Fsp3) is 0.600. The second-order valence-electron chi connectivity index (χ2n) is 5.25. The zero-order valence-electron chi connectivity index (χ0n) is 10.6. The van der Waals surface area contributed by atoms with Crippen molar-refractivity contribution in [2.24, 2.45) is 5.92 Å². The Hall–Kier alpha value is -0.530. The topological polar surface area (TPSA) is 12.0 Å². The van der Waals surface area contributed by atoms with Gasteiger partial charge in [0.2, 0.25) is 0 Å². The van der Waals surface area contributed by atoms with E-state index >= 15 is 0 Å². The van der Waals surface area contributed by atoms with Crippen LogP contribution in [0.5, 0.6) is 0 Å². The first-order chi connectivity index (χ1) is 8.24. The maximum atomic E-state index is 6.20. The van der Waals surface area contributed by atoms with Crippen LogP contribution in [-0.4, -0.2) is 11.9 Å². The summed E-state index contributed by atoms with van der Waals surface area (Å²) in [4.78, 5) is 0. The van der Waals surface area contributed by atoms with Crippen molar-refractivity contribution in [3.05, 3.63) is 35.4 Å². The Morgan fingerprint density at radius 3 is 3.00 bits per heavy atom. The Kier molecular flexibility index (Phi) is 4.87. The van der Waals surface area contributed by atoms with Crippen LogP contribution in [0, 0.1) is 12.8 Å². The minimum atomic E-state index is 0.412. The molecule has 1 nitrogen and oxygen atoms in total. The van der Waals surface area contributed by atoms with Crippen LogP contribution < -0.4 is 5.32 Å². The van der Waals surface area contributed by atoms with Crippen LogP contribution in [0.1, 0.15) is 36.8 Å². The second kappa shape index (κ2) is 6.42. The van der Waals surface area contributed by atoms with E-state index in [0.717, 1.165) is 19.0 Å². The number of benzene rings is 1. The van der Waals surface area contributed by atoms with Crippen molar-refractivity contribution in [3.8, 4) is 0 Å². The minimum Gasteiger partial charge on any atom is -0.312 e. The SMILES string of the molecule is Cc1cccc(CNCC2CCCC(Cl)C2)c1. The third-order valence-electron chi connectivity index (χ3n) is 3.56. The van der Waals surface area contributed by atoms with Crippen molar-refractivity contribution >= 4 is 11.6 Å². The summed E-state index contributed by atoms with van der Waals surface area (Å²) in [7, 11) is 0. The molecule has 1 aliphatic rings. The minimum absolute atomic E-state index is 0.412. The van der Waals surface area contributed by atoms with E-state index < -0.39 is 0 Å². The number of alkyl halides is 1. The molecule has 2 atom stereocenters. The summed E-state index contributed by atoms with van der Waals surface area (Å²) in [6.07, 6.45) is 5.02. The smallest absolute Gasteiger partial charge is 0.0339 e. The molecule has 1 aromatic carbocycles. The van der Waals surface area contributed by atoms with Crippen molar-refractivity contribution in [3.63, 3.8) is 0 Å². The summed E-state index contributed by atoms with van der Waals surface area (Å²) < 4.78 is 0. The van der Waals surface area contributed by atoms with E-state index in [1.807, 2.05) is 0 Å². The lowest BCUT2D eigenvalue weighted by Crippen LogP contribution is -2.27. The number of hydrogen-bond donors (Lipinski definition) is 1. The van der Waals surface area contributed by atoms with Crippen molar-refractivity contribution in [2.45, 2.75) is 44.5 Å². The van der Waals surface area contributed by atoms with Crippen LogP contribution in [0.4, 0.5) is 0 Å². The summed E-state index contributed by atoms with van der Waals surface area (Å²) in [5.74, 6) is 0.774. The van der Waals surface area contributed by atoms with Crippen molar-refractivity contribution in [1.82, 2.24) is 5.32 Å². The fourth-order valence-corrected chi connectivity index (χ4v) is 3.06. The zero-order valence-corrected chi connectivity index (χ0v) is 11.3. The molecule has 0 amide bonds. The summed E-state index contributed by atoms with van der Waals surface area (Å²) in [6, 6.07) is 8.70. The van der Waals surface area contributed by atoms with Gasteiger partial charge in [-0.15, -0.1) is 11.6 Å². The molecule has 0 radical (unpaired) electrons. The molecule has 0 aromatic heterocycles. The number of nitrogens with one attached hydrogen (secondary N) is 1. The third kappa shape index (κ3) is 4.33. The molecule has 0 bridgehead atoms. The van der Waals surface area contributed by atoms with Gasteiger partial charge in [-0.2, -0.15) is 0 Å². The van der Waals surface area contributed by atoms with Gasteiger partial charge >= 0.3 is 0 Å². The molecule has 2 heteroatoms. The number of aryl methyl sites for hydroxylation is 1. The van der Waals surface area contributed by atoms with E-state index in [0.29, 0.717) is 5.38 Å². The average Bonchev–Trinajstić information content (AvgIpc) is 2.29. The molecule has 1 saturated carbocycles. The highest BCUT2D eigenvalue weighted by Crippen LogP contribution is 2.27. The molecule has 1 N–H and O–H groups in total. The summed E-state index contributed by atoms with van der Waals surface area (Å²) in [6.45, 7) is 4.23. The molecular weight excluding hydrogens is 230 g/mol. The van der Waals surface area contributed by atoms with E-state index in [2.05, 4.69) is 36.5 Å². The van der Waals surface area contributed by atoms with Gasteiger partial charge in [-0.3, -0.25) is 0 Å². The van der Waals surface area contributed by atoms with Crippen LogP contribution in [0.3, 0.4) is 0 Å². The monoisotopic (exact) mass is 251 g/mol. The Morgan fingerprint density at radius 1 is 1.35 bits per heavy atom. The van der Waals surface area contributed by atoms with Crippen LogP contribution in [-0.2, 0) is 6.54 Å². The van der Waals surface area contributed by atoms with Crippen molar-refractivity contribution in [1.29, 1.82) is 0 Å². The molecule has 0 aliphatic heterocycles. The van der Waals surface area contributed by atoms with Crippen LogP contribution in [0.2, 0.25) is 0 Å². The highest BCUT2D eigenvalue weighted by Gasteiger charge is 2.19. The lowest BCUT2D eigenvalue weighted by molar-refractivity contribution is 0.346.